The Morgan fingerprint density at radius 1 is 1.05 bits per heavy atom. The monoisotopic (exact) mass is 333 g/mol. The SMILES string of the molecule is CC(N[C@H](CCO)c1ccccc1)c1cccc(Br)c1. The Morgan fingerprint density at radius 3 is 2.40 bits per heavy atom. The van der Waals surface area contributed by atoms with Gasteiger partial charge in [0.05, 0.1) is 0 Å². The summed E-state index contributed by atoms with van der Waals surface area (Å²) in [7, 11) is 0. The number of rotatable bonds is 6. The molecule has 2 rings (SSSR count). The molecular weight excluding hydrogens is 314 g/mol. The van der Waals surface area contributed by atoms with Crippen LogP contribution >= 0.6 is 15.9 Å². The summed E-state index contributed by atoms with van der Waals surface area (Å²) in [4.78, 5) is 0. The maximum atomic E-state index is 9.28. The van der Waals surface area contributed by atoms with E-state index in [1.54, 1.807) is 0 Å². The van der Waals surface area contributed by atoms with Crippen LogP contribution in [-0.2, 0) is 0 Å². The number of aliphatic hydroxyl groups excluding tert-OH is 1. The van der Waals surface area contributed by atoms with Crippen LogP contribution in [0, 0.1) is 0 Å². The van der Waals surface area contributed by atoms with Gasteiger partial charge in [0.15, 0.2) is 0 Å². The van der Waals surface area contributed by atoms with Crippen LogP contribution in [0.15, 0.2) is 59.1 Å². The minimum absolute atomic E-state index is 0.162. The maximum Gasteiger partial charge on any atom is 0.0449 e. The number of halogens is 1. The van der Waals surface area contributed by atoms with E-state index in [4.69, 9.17) is 0 Å². The van der Waals surface area contributed by atoms with Gasteiger partial charge in [-0.25, -0.2) is 0 Å². The fourth-order valence-corrected chi connectivity index (χ4v) is 2.75. The molecule has 2 aromatic rings. The molecule has 0 amide bonds. The van der Waals surface area contributed by atoms with Crippen molar-refractivity contribution in [1.82, 2.24) is 5.32 Å². The van der Waals surface area contributed by atoms with Crippen LogP contribution in [0.5, 0.6) is 0 Å². The average Bonchev–Trinajstić information content (AvgIpc) is 2.47. The predicted molar refractivity (Wildman–Crippen MR) is 86.6 cm³/mol. The molecular formula is C17H20BrNO. The van der Waals surface area contributed by atoms with Gasteiger partial charge in [0.25, 0.3) is 0 Å². The first-order chi connectivity index (χ1) is 9.70. The number of hydrogen-bond acceptors (Lipinski definition) is 2. The first-order valence-corrected chi connectivity index (χ1v) is 7.67. The van der Waals surface area contributed by atoms with Gasteiger partial charge >= 0.3 is 0 Å². The third kappa shape index (κ3) is 4.17. The van der Waals surface area contributed by atoms with E-state index in [-0.39, 0.29) is 18.7 Å². The van der Waals surface area contributed by atoms with Gasteiger partial charge in [-0.15, -0.1) is 0 Å². The van der Waals surface area contributed by atoms with Gasteiger partial charge in [0.1, 0.15) is 0 Å². The molecule has 0 heterocycles. The maximum absolute atomic E-state index is 9.28. The average molecular weight is 334 g/mol. The van der Waals surface area contributed by atoms with Crippen molar-refractivity contribution in [2.45, 2.75) is 25.4 Å². The molecule has 1 unspecified atom stereocenters. The van der Waals surface area contributed by atoms with Crippen LogP contribution in [0.3, 0.4) is 0 Å². The van der Waals surface area contributed by atoms with Crippen molar-refractivity contribution in [3.8, 4) is 0 Å². The topological polar surface area (TPSA) is 32.3 Å². The molecule has 0 radical (unpaired) electrons. The molecule has 0 fully saturated rings. The number of nitrogens with one attached hydrogen (secondary N) is 1. The van der Waals surface area contributed by atoms with Crippen molar-refractivity contribution in [2.75, 3.05) is 6.61 Å². The fraction of sp³-hybridized carbons (Fsp3) is 0.294. The van der Waals surface area contributed by atoms with Crippen molar-refractivity contribution < 1.29 is 5.11 Å². The fourth-order valence-electron chi connectivity index (χ4n) is 2.33. The smallest absolute Gasteiger partial charge is 0.0449 e. The van der Waals surface area contributed by atoms with Gasteiger partial charge in [0, 0.05) is 23.2 Å². The van der Waals surface area contributed by atoms with Crippen LogP contribution in [0.25, 0.3) is 0 Å². The first kappa shape index (κ1) is 15.2. The van der Waals surface area contributed by atoms with Crippen molar-refractivity contribution in [2.24, 2.45) is 0 Å². The molecule has 2 nitrogen and oxygen atoms in total. The summed E-state index contributed by atoms with van der Waals surface area (Å²) in [6, 6.07) is 19.0. The molecule has 106 valence electrons. The van der Waals surface area contributed by atoms with Gasteiger partial charge in [-0.1, -0.05) is 58.4 Å². The highest BCUT2D eigenvalue weighted by atomic mass is 79.9. The molecule has 0 saturated carbocycles. The van der Waals surface area contributed by atoms with E-state index >= 15 is 0 Å². The second kappa shape index (κ2) is 7.58. The summed E-state index contributed by atoms with van der Waals surface area (Å²) in [6.07, 6.45) is 0.711. The first-order valence-electron chi connectivity index (χ1n) is 6.88. The van der Waals surface area contributed by atoms with Gasteiger partial charge in [-0.2, -0.15) is 0 Å². The molecule has 0 aliphatic rings. The third-order valence-electron chi connectivity index (χ3n) is 3.42. The van der Waals surface area contributed by atoms with Crippen LogP contribution in [-0.4, -0.2) is 11.7 Å². The second-order valence-corrected chi connectivity index (χ2v) is 5.83. The van der Waals surface area contributed by atoms with Crippen molar-refractivity contribution >= 4 is 15.9 Å². The highest BCUT2D eigenvalue weighted by molar-refractivity contribution is 9.10. The van der Waals surface area contributed by atoms with E-state index in [0.717, 1.165) is 4.47 Å². The predicted octanol–water partition coefficient (Wildman–Crippen LogP) is 4.22. The summed E-state index contributed by atoms with van der Waals surface area (Å²) in [5.41, 5.74) is 2.45. The summed E-state index contributed by atoms with van der Waals surface area (Å²) >= 11 is 3.50. The Hall–Kier alpha value is -1.16. The Morgan fingerprint density at radius 2 is 1.75 bits per heavy atom. The number of hydrogen-bond donors (Lipinski definition) is 2. The van der Waals surface area contributed by atoms with Gasteiger partial charge in [0.2, 0.25) is 0 Å². The van der Waals surface area contributed by atoms with E-state index in [9.17, 15) is 5.11 Å². The molecule has 0 aliphatic heterocycles. The van der Waals surface area contributed by atoms with Crippen LogP contribution in [0.1, 0.15) is 36.6 Å². The zero-order chi connectivity index (χ0) is 14.4. The van der Waals surface area contributed by atoms with Crippen LogP contribution < -0.4 is 5.32 Å². The summed E-state index contributed by atoms with van der Waals surface area (Å²) in [5.74, 6) is 0. The lowest BCUT2D eigenvalue weighted by molar-refractivity contribution is 0.260. The second-order valence-electron chi connectivity index (χ2n) is 4.92. The lowest BCUT2D eigenvalue weighted by Gasteiger charge is -2.24. The molecule has 0 aliphatic carbocycles. The van der Waals surface area contributed by atoms with Crippen LogP contribution in [0.4, 0.5) is 0 Å². The highest BCUT2D eigenvalue weighted by Crippen LogP contribution is 2.23. The highest BCUT2D eigenvalue weighted by Gasteiger charge is 2.14. The Balaban J connectivity index is 2.12. The van der Waals surface area contributed by atoms with Gasteiger partial charge < -0.3 is 10.4 Å². The molecule has 0 spiro atoms. The zero-order valence-corrected chi connectivity index (χ0v) is 13.2. The minimum atomic E-state index is 0.162. The van der Waals surface area contributed by atoms with E-state index < -0.39 is 0 Å². The number of benzene rings is 2. The Kier molecular flexibility index (Phi) is 5.77. The normalized spacial score (nSPS) is 13.9. The molecule has 0 bridgehead atoms. The van der Waals surface area contributed by atoms with E-state index in [0.29, 0.717) is 6.42 Å². The third-order valence-corrected chi connectivity index (χ3v) is 3.91. The lowest BCUT2D eigenvalue weighted by atomic mass is 10.0. The van der Waals surface area contributed by atoms with Crippen molar-refractivity contribution in [1.29, 1.82) is 0 Å². The lowest BCUT2D eigenvalue weighted by Crippen LogP contribution is -2.25. The van der Waals surface area contributed by atoms with Crippen LogP contribution in [0.2, 0.25) is 0 Å². The minimum Gasteiger partial charge on any atom is -0.396 e. The molecule has 0 saturated heterocycles. The van der Waals surface area contributed by atoms with E-state index in [2.05, 4.69) is 52.4 Å². The zero-order valence-electron chi connectivity index (χ0n) is 11.6. The number of aliphatic hydroxyl groups is 1. The molecule has 2 N–H and O–H groups in total. The van der Waals surface area contributed by atoms with Gasteiger partial charge in [-0.3, -0.25) is 0 Å². The Labute approximate surface area is 129 Å². The molecule has 2 atom stereocenters. The Bertz CT molecular complexity index is 530. The van der Waals surface area contributed by atoms with Crippen molar-refractivity contribution in [3.05, 3.63) is 70.2 Å². The molecule has 2 aromatic carbocycles. The van der Waals surface area contributed by atoms with E-state index in [1.165, 1.54) is 11.1 Å². The standard InChI is InChI=1S/C17H20BrNO/c1-13(15-8-5-9-16(18)12-15)19-17(10-11-20)14-6-3-2-4-7-14/h2-9,12-13,17,19-20H,10-11H2,1H3/t13?,17-/m1/s1. The summed E-state index contributed by atoms with van der Waals surface area (Å²) < 4.78 is 1.09. The van der Waals surface area contributed by atoms with Crippen molar-refractivity contribution in [3.63, 3.8) is 0 Å². The molecule has 0 aromatic heterocycles. The largest absolute Gasteiger partial charge is 0.396 e. The molecule has 3 heteroatoms. The molecule has 20 heavy (non-hydrogen) atoms. The summed E-state index contributed by atoms with van der Waals surface area (Å²) in [5, 5.41) is 12.9. The van der Waals surface area contributed by atoms with E-state index in [1.807, 2.05) is 30.3 Å². The quantitative estimate of drug-likeness (QED) is 0.829. The summed E-state index contributed by atoms with van der Waals surface area (Å²) in [6.45, 7) is 2.33. The van der Waals surface area contributed by atoms with Gasteiger partial charge in [-0.05, 0) is 36.6 Å².